The van der Waals surface area contributed by atoms with E-state index in [9.17, 15) is 0 Å². The standard InChI is InChI=1S/C10H11N3O/c1-6-3-7-8(4-9(6)14-2)12-5-13-10(7)11/h3-5H,1-2H3,(H2,11,12,13). The number of rotatable bonds is 1. The lowest BCUT2D eigenvalue weighted by atomic mass is 10.1. The number of aryl methyl sites for hydroxylation is 1. The van der Waals surface area contributed by atoms with E-state index >= 15 is 0 Å². The maximum atomic E-state index is 5.72. The molecule has 0 bridgehead atoms. The molecule has 14 heavy (non-hydrogen) atoms. The van der Waals surface area contributed by atoms with Crippen molar-refractivity contribution in [3.8, 4) is 5.75 Å². The highest BCUT2D eigenvalue weighted by atomic mass is 16.5. The third kappa shape index (κ3) is 1.25. The monoisotopic (exact) mass is 189 g/mol. The van der Waals surface area contributed by atoms with Gasteiger partial charge in [0, 0.05) is 11.5 Å². The van der Waals surface area contributed by atoms with Crippen molar-refractivity contribution in [2.45, 2.75) is 6.92 Å². The number of anilines is 1. The lowest BCUT2D eigenvalue weighted by Gasteiger charge is -2.06. The molecule has 0 atom stereocenters. The highest BCUT2D eigenvalue weighted by molar-refractivity contribution is 5.89. The Morgan fingerprint density at radius 2 is 2.07 bits per heavy atom. The molecule has 4 nitrogen and oxygen atoms in total. The Morgan fingerprint density at radius 1 is 1.29 bits per heavy atom. The fraction of sp³-hybridized carbons (Fsp3) is 0.200. The molecule has 0 saturated carbocycles. The van der Waals surface area contributed by atoms with E-state index in [2.05, 4.69) is 9.97 Å². The Hall–Kier alpha value is -1.84. The van der Waals surface area contributed by atoms with Crippen molar-refractivity contribution in [1.29, 1.82) is 0 Å². The molecular weight excluding hydrogens is 178 g/mol. The van der Waals surface area contributed by atoms with Gasteiger partial charge >= 0.3 is 0 Å². The molecule has 0 saturated heterocycles. The summed E-state index contributed by atoms with van der Waals surface area (Å²) in [5, 5.41) is 0.866. The summed E-state index contributed by atoms with van der Waals surface area (Å²) in [7, 11) is 1.64. The average molecular weight is 189 g/mol. The lowest BCUT2D eigenvalue weighted by molar-refractivity contribution is 0.412. The topological polar surface area (TPSA) is 61.0 Å². The van der Waals surface area contributed by atoms with Gasteiger partial charge in [-0.1, -0.05) is 0 Å². The van der Waals surface area contributed by atoms with Crippen LogP contribution >= 0.6 is 0 Å². The number of fused-ring (bicyclic) bond motifs is 1. The number of nitrogen functional groups attached to an aromatic ring is 1. The van der Waals surface area contributed by atoms with E-state index in [1.807, 2.05) is 19.1 Å². The van der Waals surface area contributed by atoms with Gasteiger partial charge in [0.15, 0.2) is 0 Å². The number of nitrogens with zero attached hydrogens (tertiary/aromatic N) is 2. The first-order chi connectivity index (χ1) is 6.72. The number of benzene rings is 1. The Kier molecular flexibility index (Phi) is 1.96. The summed E-state index contributed by atoms with van der Waals surface area (Å²) in [6.07, 6.45) is 1.45. The van der Waals surface area contributed by atoms with Crippen molar-refractivity contribution in [2.75, 3.05) is 12.8 Å². The SMILES string of the molecule is COc1cc2ncnc(N)c2cc1C. The number of nitrogens with two attached hydrogens (primary N) is 1. The summed E-state index contributed by atoms with van der Waals surface area (Å²) >= 11 is 0. The second-order valence-corrected chi connectivity index (χ2v) is 3.10. The largest absolute Gasteiger partial charge is 0.496 e. The second-order valence-electron chi connectivity index (χ2n) is 3.10. The van der Waals surface area contributed by atoms with Gasteiger partial charge in [-0.25, -0.2) is 9.97 Å². The molecule has 0 amide bonds. The van der Waals surface area contributed by atoms with E-state index in [1.54, 1.807) is 7.11 Å². The second kappa shape index (κ2) is 3.14. The minimum Gasteiger partial charge on any atom is -0.496 e. The molecule has 0 aliphatic heterocycles. The van der Waals surface area contributed by atoms with Gasteiger partial charge in [-0.2, -0.15) is 0 Å². The van der Waals surface area contributed by atoms with Crippen LogP contribution < -0.4 is 10.5 Å². The number of ether oxygens (including phenoxy) is 1. The number of hydrogen-bond acceptors (Lipinski definition) is 4. The molecule has 1 aromatic carbocycles. The van der Waals surface area contributed by atoms with E-state index in [4.69, 9.17) is 10.5 Å². The molecule has 4 heteroatoms. The van der Waals surface area contributed by atoms with Crippen LogP contribution in [0.1, 0.15) is 5.56 Å². The van der Waals surface area contributed by atoms with Crippen LogP contribution in [0.4, 0.5) is 5.82 Å². The van der Waals surface area contributed by atoms with E-state index < -0.39 is 0 Å². The Balaban J connectivity index is 2.79. The average Bonchev–Trinajstić information content (AvgIpc) is 2.19. The first-order valence-corrected chi connectivity index (χ1v) is 4.27. The normalized spacial score (nSPS) is 10.4. The third-order valence-corrected chi connectivity index (χ3v) is 2.18. The zero-order valence-corrected chi connectivity index (χ0v) is 8.11. The summed E-state index contributed by atoms with van der Waals surface area (Å²) < 4.78 is 5.19. The lowest BCUT2D eigenvalue weighted by Crippen LogP contribution is -1.95. The Bertz CT molecular complexity index is 482. The summed E-state index contributed by atoms with van der Waals surface area (Å²) in [4.78, 5) is 8.05. The molecule has 2 aromatic rings. The van der Waals surface area contributed by atoms with Crippen LogP contribution in [0.2, 0.25) is 0 Å². The molecule has 0 unspecified atom stereocenters. The molecular formula is C10H11N3O. The Labute approximate surface area is 81.7 Å². The van der Waals surface area contributed by atoms with Gasteiger partial charge in [0.2, 0.25) is 0 Å². The van der Waals surface area contributed by atoms with Crippen LogP contribution in [0, 0.1) is 6.92 Å². The smallest absolute Gasteiger partial charge is 0.134 e. The first kappa shape index (κ1) is 8.74. The minimum absolute atomic E-state index is 0.501. The van der Waals surface area contributed by atoms with Crippen LogP contribution in [0.3, 0.4) is 0 Å². The van der Waals surface area contributed by atoms with Gasteiger partial charge in [-0.3, -0.25) is 0 Å². The van der Waals surface area contributed by atoms with Crippen molar-refractivity contribution in [2.24, 2.45) is 0 Å². The van der Waals surface area contributed by atoms with Gasteiger partial charge < -0.3 is 10.5 Å². The van der Waals surface area contributed by atoms with Crippen molar-refractivity contribution >= 4 is 16.7 Å². The summed E-state index contributed by atoms with van der Waals surface area (Å²) in [6.45, 7) is 1.96. The van der Waals surface area contributed by atoms with Crippen LogP contribution in [-0.2, 0) is 0 Å². The predicted octanol–water partition coefficient (Wildman–Crippen LogP) is 1.53. The molecule has 1 heterocycles. The maximum Gasteiger partial charge on any atom is 0.134 e. The summed E-state index contributed by atoms with van der Waals surface area (Å²) in [5.74, 6) is 1.32. The minimum atomic E-state index is 0.501. The molecule has 2 N–H and O–H groups in total. The summed E-state index contributed by atoms with van der Waals surface area (Å²) in [6, 6.07) is 3.80. The van der Waals surface area contributed by atoms with E-state index in [1.165, 1.54) is 6.33 Å². The molecule has 0 fully saturated rings. The molecule has 2 rings (SSSR count). The zero-order chi connectivity index (χ0) is 10.1. The van der Waals surface area contributed by atoms with Crippen LogP contribution in [0.25, 0.3) is 10.9 Å². The quantitative estimate of drug-likeness (QED) is 0.739. The van der Waals surface area contributed by atoms with Crippen LogP contribution in [-0.4, -0.2) is 17.1 Å². The van der Waals surface area contributed by atoms with Crippen molar-refractivity contribution < 1.29 is 4.74 Å². The van der Waals surface area contributed by atoms with Crippen molar-refractivity contribution in [3.63, 3.8) is 0 Å². The van der Waals surface area contributed by atoms with E-state index in [0.29, 0.717) is 5.82 Å². The zero-order valence-electron chi connectivity index (χ0n) is 8.11. The van der Waals surface area contributed by atoms with E-state index in [-0.39, 0.29) is 0 Å². The molecule has 0 aliphatic rings. The molecule has 72 valence electrons. The highest BCUT2D eigenvalue weighted by Gasteiger charge is 2.04. The van der Waals surface area contributed by atoms with Gasteiger partial charge in [0.1, 0.15) is 17.9 Å². The fourth-order valence-corrected chi connectivity index (χ4v) is 1.43. The maximum absolute atomic E-state index is 5.72. The predicted molar refractivity (Wildman–Crippen MR) is 55.2 cm³/mol. The molecule has 0 spiro atoms. The first-order valence-electron chi connectivity index (χ1n) is 4.27. The number of aromatic nitrogens is 2. The van der Waals surface area contributed by atoms with Crippen molar-refractivity contribution in [1.82, 2.24) is 9.97 Å². The Morgan fingerprint density at radius 3 is 2.79 bits per heavy atom. The van der Waals surface area contributed by atoms with Gasteiger partial charge in [-0.05, 0) is 18.6 Å². The molecule has 1 aromatic heterocycles. The fourth-order valence-electron chi connectivity index (χ4n) is 1.43. The third-order valence-electron chi connectivity index (χ3n) is 2.18. The molecule has 0 radical (unpaired) electrons. The number of methoxy groups -OCH3 is 1. The van der Waals surface area contributed by atoms with Crippen molar-refractivity contribution in [3.05, 3.63) is 24.0 Å². The van der Waals surface area contributed by atoms with Gasteiger partial charge in [0.25, 0.3) is 0 Å². The number of hydrogen-bond donors (Lipinski definition) is 1. The van der Waals surface area contributed by atoms with E-state index in [0.717, 1.165) is 22.2 Å². The van der Waals surface area contributed by atoms with Crippen LogP contribution in [0.15, 0.2) is 18.5 Å². The highest BCUT2D eigenvalue weighted by Crippen LogP contribution is 2.25. The van der Waals surface area contributed by atoms with Gasteiger partial charge in [0.05, 0.1) is 12.6 Å². The van der Waals surface area contributed by atoms with Gasteiger partial charge in [-0.15, -0.1) is 0 Å². The van der Waals surface area contributed by atoms with Crippen LogP contribution in [0.5, 0.6) is 5.75 Å². The summed E-state index contributed by atoms with van der Waals surface area (Å²) in [5.41, 5.74) is 7.56. The molecule has 0 aliphatic carbocycles.